The Morgan fingerprint density at radius 1 is 0.445 bits per heavy atom. The maximum Gasteiger partial charge on any atom is 0.237 e. The van der Waals surface area contributed by atoms with E-state index in [9.17, 15) is 37.5 Å². The van der Waals surface area contributed by atoms with Crippen LogP contribution in [0.5, 0.6) is 0 Å². The first-order valence-corrected chi connectivity index (χ1v) is 47.7. The number of hydrogen-bond donors (Lipinski definition) is 6. The molecule has 6 N–H and O–H groups in total. The Kier molecular flexibility index (Phi) is 27.9. The summed E-state index contributed by atoms with van der Waals surface area (Å²) in [7, 11) is 0. The summed E-state index contributed by atoms with van der Waals surface area (Å²) in [4.78, 5) is 120. The van der Waals surface area contributed by atoms with Gasteiger partial charge in [-0.15, -0.1) is 0 Å². The van der Waals surface area contributed by atoms with Crippen LogP contribution < -0.4 is 16.0 Å². The highest BCUT2D eigenvalue weighted by Gasteiger charge is 2.50. The van der Waals surface area contributed by atoms with E-state index in [0.717, 1.165) is 165 Å². The van der Waals surface area contributed by atoms with E-state index in [2.05, 4.69) is 168 Å². The molecule has 0 saturated carbocycles. The van der Waals surface area contributed by atoms with Gasteiger partial charge in [0.15, 0.2) is 11.6 Å². The number of anilines is 3. The molecule has 0 spiro atoms. The predicted molar refractivity (Wildman–Crippen MR) is 530 cm³/mol. The van der Waals surface area contributed by atoms with E-state index in [1.165, 1.54) is 35.4 Å². The van der Waals surface area contributed by atoms with Crippen molar-refractivity contribution in [1.82, 2.24) is 89.9 Å². The first-order valence-electron chi connectivity index (χ1n) is 47.7. The van der Waals surface area contributed by atoms with Crippen molar-refractivity contribution in [2.24, 2.45) is 34.0 Å². The number of pyridine rings is 2. The van der Waals surface area contributed by atoms with Crippen LogP contribution in [0.1, 0.15) is 116 Å². The van der Waals surface area contributed by atoms with Gasteiger partial charge < -0.3 is 30.7 Å². The van der Waals surface area contributed by atoms with Crippen molar-refractivity contribution >= 4 is 96.4 Å². The third kappa shape index (κ3) is 20.8. The van der Waals surface area contributed by atoms with E-state index < -0.39 is 16.2 Å². The SMILES string of the molecule is CC(C)C1(C(=O)Nc2ccc3[nH]nc(-c4ccc(F)cc4)c3c2)CCN(CC(=O)N2CC=C(c3ccc(-c4ncccn4)cc3)CC2)C1.CC(C)[C@@]1(C(=O)Nc2ccc3[nH]nc(-c4ccc(F)cc4)c3c2)CCN(CC(=O)N2CC=C(c3ccc(-c4ncccn4)cn3)CC2)C1.CCCC1(C(=O)Nc2ccc3[nH]nc(-c4ccnc(C)c4)c3c2)CCN(CC(=O)N2CCC(C3=CCC=C3)CC2)C1. The van der Waals surface area contributed by atoms with Gasteiger partial charge in [0.25, 0.3) is 0 Å². The first kappa shape index (κ1) is 93.1. The zero-order valence-corrected chi connectivity index (χ0v) is 78.3. The van der Waals surface area contributed by atoms with Crippen LogP contribution in [0.25, 0.3) is 100 Å². The predicted octanol–water partition coefficient (Wildman–Crippen LogP) is 17.7. The molecule has 3 atom stereocenters. The zero-order valence-electron chi connectivity index (χ0n) is 78.3. The number of nitrogens with zero attached hydrogens (tertiary/aromatic N) is 15. The highest BCUT2D eigenvalue weighted by molar-refractivity contribution is 6.04. The Morgan fingerprint density at radius 2 is 0.898 bits per heavy atom. The molecule has 2 unspecified atom stereocenters. The number of piperidine rings is 1. The molecule has 0 radical (unpaired) electrons. The molecule has 13 aromatic rings. The topological polar surface area (TPSA) is 321 Å². The standard InChI is InChI=1S/C38H38FN7O2.C37H37FN8O2.C33H40N6O2/c1-25(2)38(37(48)42-31-12-13-33-32(22-31)35(44-43-33)28-8-10-30(39)11-9-28)16-21-45(24-38)23-34(47)46-19-14-27(15-20-46)26-4-6-29(7-5-26)36-40-17-3-18-41-36;1-24(2)37(36(48)42-29-9-11-32-30(20-29)34(44-43-32)26-4-7-28(38)8-5-26)14-19-45(23-37)22-33(47)46-17-12-25(13-18-46)31-10-6-27(21-41-31)35-39-15-3-16-40-35;1-3-13-33(14-18-38(22-33)21-30(40)39-16-11-25(12-17-39)24-6-4-5-7-24)32(41)35-27-8-9-29-28(20-27)31(37-36-29)26-10-15-34-23(2)19-26/h3-14,17-18,22,25H,15-16,19-21,23-24H2,1-2H3,(H,42,48)(H,43,44);3-12,15-16,20-21,24H,13-14,17-19,22-23H2,1-2H3,(H,42,48)(H,43,44);4,6-10,15,19-20,25H,3,5,11-14,16-18,21-22H2,1-2H3,(H,35,41)(H,36,37)/t;37-;/m.1./s1. The average Bonchev–Trinajstić information content (AvgIpc) is 1.66. The van der Waals surface area contributed by atoms with Crippen LogP contribution >= 0.6 is 0 Å². The highest BCUT2D eigenvalue weighted by atomic mass is 19.1. The quantitative estimate of drug-likeness (QED) is 0.0327. The number of carbonyl (C=O) groups excluding carboxylic acids is 6. The van der Waals surface area contributed by atoms with E-state index in [-0.39, 0.29) is 65.5 Å². The normalized spacial score (nSPS) is 19.3. The second-order valence-electron chi connectivity index (χ2n) is 37.9. The zero-order chi connectivity index (χ0) is 94.9. The Bertz CT molecular complexity index is 6420. The number of benzene rings is 6. The van der Waals surface area contributed by atoms with E-state index in [1.807, 2.05) is 113 Å². The lowest BCUT2D eigenvalue weighted by Crippen LogP contribution is -2.45. The summed E-state index contributed by atoms with van der Waals surface area (Å²) in [5.74, 6) is 1.72. The van der Waals surface area contributed by atoms with E-state index >= 15 is 0 Å². The molecule has 137 heavy (non-hydrogen) atoms. The van der Waals surface area contributed by atoms with Crippen molar-refractivity contribution in [2.45, 2.75) is 106 Å². The number of H-pyrrole nitrogens is 3. The van der Waals surface area contributed by atoms with Gasteiger partial charge in [0.2, 0.25) is 35.4 Å². The minimum absolute atomic E-state index is 0.0390. The Balaban J connectivity index is 0.000000137. The number of amides is 6. The molecule has 0 bridgehead atoms. The van der Waals surface area contributed by atoms with Crippen molar-refractivity contribution in [3.8, 4) is 56.5 Å². The third-order valence-electron chi connectivity index (χ3n) is 28.7. The molecule has 1 aliphatic carbocycles. The number of hydrogen-bond acceptors (Lipinski definition) is 18. The molecule has 702 valence electrons. The number of carbonyl (C=O) groups is 6. The van der Waals surface area contributed by atoms with Crippen LogP contribution in [0.4, 0.5) is 25.8 Å². The number of allylic oxidation sites excluding steroid dienone is 4. The van der Waals surface area contributed by atoms with Crippen LogP contribution in [0, 0.1) is 52.6 Å². The summed E-state index contributed by atoms with van der Waals surface area (Å²) in [6, 6.07) is 49.3. The number of fused-ring (bicyclic) bond motifs is 3. The summed E-state index contributed by atoms with van der Waals surface area (Å²) in [6.45, 7) is 21.1. The van der Waals surface area contributed by atoms with Crippen molar-refractivity contribution < 1.29 is 37.5 Å². The fourth-order valence-electron chi connectivity index (χ4n) is 20.5. The molecule has 20 rings (SSSR count). The Hall–Kier alpha value is -14.3. The van der Waals surface area contributed by atoms with Gasteiger partial charge in [0.05, 0.1) is 69.5 Å². The van der Waals surface area contributed by atoms with Gasteiger partial charge in [-0.2, -0.15) is 15.3 Å². The largest absolute Gasteiger partial charge is 0.342 e. The van der Waals surface area contributed by atoms with Crippen LogP contribution in [0.2, 0.25) is 0 Å². The van der Waals surface area contributed by atoms with E-state index in [0.29, 0.717) is 125 Å². The number of nitrogens with one attached hydrogen (secondary N) is 6. The number of rotatable bonds is 24. The highest BCUT2D eigenvalue weighted by Crippen LogP contribution is 2.44. The first-order chi connectivity index (χ1) is 66.5. The third-order valence-corrected chi connectivity index (χ3v) is 28.7. The van der Waals surface area contributed by atoms with Crippen LogP contribution in [-0.2, 0) is 28.8 Å². The second-order valence-corrected chi connectivity index (χ2v) is 37.9. The summed E-state index contributed by atoms with van der Waals surface area (Å²) >= 11 is 0. The second kappa shape index (κ2) is 41.1. The van der Waals surface area contributed by atoms with Gasteiger partial charge in [-0.25, -0.2) is 28.7 Å². The van der Waals surface area contributed by atoms with Gasteiger partial charge in [-0.1, -0.05) is 95.7 Å². The summed E-state index contributed by atoms with van der Waals surface area (Å²) in [5.41, 5.74) is 16.3. The number of aromatic amines is 3. The molecule has 7 aliphatic rings. The van der Waals surface area contributed by atoms with Gasteiger partial charge in [-0.3, -0.25) is 68.7 Å². The van der Waals surface area contributed by atoms with Crippen molar-refractivity contribution in [3.05, 3.63) is 266 Å². The van der Waals surface area contributed by atoms with Gasteiger partial charge in [0, 0.05) is 163 Å². The van der Waals surface area contributed by atoms with Crippen LogP contribution in [0.3, 0.4) is 0 Å². The molecule has 6 amide bonds. The van der Waals surface area contributed by atoms with Crippen molar-refractivity contribution in [2.75, 3.05) is 114 Å². The maximum absolute atomic E-state index is 13.9. The lowest BCUT2D eigenvalue weighted by molar-refractivity contribution is -0.134. The minimum Gasteiger partial charge on any atom is -0.342 e. The molecule has 6 aromatic carbocycles. The van der Waals surface area contributed by atoms with Gasteiger partial charge >= 0.3 is 0 Å². The molecule has 29 heteroatoms. The molecular formula is C108H115F2N21O6. The fraction of sp³-hybridized carbons (Fsp3) is 0.343. The van der Waals surface area contributed by atoms with Crippen molar-refractivity contribution in [1.29, 1.82) is 0 Å². The van der Waals surface area contributed by atoms with E-state index in [4.69, 9.17) is 0 Å². The van der Waals surface area contributed by atoms with Crippen LogP contribution in [-0.4, -0.2) is 224 Å². The minimum atomic E-state index is -0.636. The Labute approximate surface area is 795 Å². The molecule has 13 heterocycles. The van der Waals surface area contributed by atoms with Gasteiger partial charge in [0.1, 0.15) is 17.3 Å². The Morgan fingerprint density at radius 3 is 1.36 bits per heavy atom. The van der Waals surface area contributed by atoms with E-state index in [1.54, 1.807) is 73.6 Å². The lowest BCUT2D eigenvalue weighted by atomic mass is 9.75. The monoisotopic (exact) mass is 1840 g/mol. The molecular weight excluding hydrogens is 1730 g/mol. The molecule has 4 saturated heterocycles. The maximum atomic E-state index is 13.9. The number of likely N-dealkylation sites (tertiary alicyclic amines) is 4. The smallest absolute Gasteiger partial charge is 0.237 e. The summed E-state index contributed by atoms with van der Waals surface area (Å²) < 4.78 is 27.0. The lowest BCUT2D eigenvalue weighted by Gasteiger charge is -2.34. The molecule has 27 nitrogen and oxygen atoms in total. The molecule has 7 aromatic heterocycles. The number of aromatic nitrogens is 12. The molecule has 6 aliphatic heterocycles. The average molecular weight is 1840 g/mol. The van der Waals surface area contributed by atoms with Crippen LogP contribution in [0.15, 0.2) is 237 Å². The summed E-state index contributed by atoms with van der Waals surface area (Å²) in [6.07, 6.45) is 29.9. The number of halogens is 2. The number of aryl methyl sites for hydroxylation is 1. The fourth-order valence-corrected chi connectivity index (χ4v) is 20.5. The van der Waals surface area contributed by atoms with Gasteiger partial charge in [-0.05, 0) is 264 Å². The van der Waals surface area contributed by atoms with Crippen molar-refractivity contribution in [3.63, 3.8) is 0 Å². The summed E-state index contributed by atoms with van der Waals surface area (Å²) in [5, 5.41) is 34.7. The molecule has 4 fully saturated rings.